The fraction of sp³-hybridized carbons (Fsp3) is 0.500. The van der Waals surface area contributed by atoms with Crippen molar-refractivity contribution in [3.05, 3.63) is 64.7 Å². The quantitative estimate of drug-likeness (QED) is 0.664. The minimum atomic E-state index is -0.479. The topological polar surface area (TPSA) is 38.3 Å². The van der Waals surface area contributed by atoms with Crippen molar-refractivity contribution >= 4 is 5.91 Å². The number of carbonyl (C=O) groups excluding carboxylic acids is 1. The van der Waals surface area contributed by atoms with Gasteiger partial charge in [-0.1, -0.05) is 58.0 Å². The number of carbonyl (C=O) groups is 1. The van der Waals surface area contributed by atoms with Gasteiger partial charge in [0.05, 0.1) is 6.04 Å². The Balaban J connectivity index is 1.63. The number of nitrogens with one attached hydrogen (secondary N) is 1. The lowest BCUT2D eigenvalue weighted by atomic mass is 9.86. The van der Waals surface area contributed by atoms with Crippen LogP contribution in [0.4, 0.5) is 0 Å². The number of hydrogen-bond donors (Lipinski definition) is 1. The van der Waals surface area contributed by atoms with Crippen LogP contribution in [0.3, 0.4) is 0 Å². The first-order chi connectivity index (χ1) is 13.8. The molecule has 1 aliphatic rings. The molecule has 0 fully saturated rings. The Kier molecular flexibility index (Phi) is 6.66. The average molecular weight is 394 g/mol. The van der Waals surface area contributed by atoms with Gasteiger partial charge >= 0.3 is 0 Å². The minimum absolute atomic E-state index is 0.0577. The third-order valence-electron chi connectivity index (χ3n) is 5.90. The van der Waals surface area contributed by atoms with Gasteiger partial charge in [0.15, 0.2) is 6.10 Å². The molecule has 0 heterocycles. The molecule has 2 aromatic carbocycles. The zero-order valence-electron chi connectivity index (χ0n) is 18.5. The molecule has 156 valence electrons. The third-order valence-corrected chi connectivity index (χ3v) is 5.90. The number of hydrogen-bond acceptors (Lipinski definition) is 2. The Bertz CT molecular complexity index is 833. The molecular weight excluding hydrogens is 358 g/mol. The highest BCUT2D eigenvalue weighted by Crippen LogP contribution is 2.27. The minimum Gasteiger partial charge on any atom is -0.481 e. The Labute approximate surface area is 175 Å². The van der Waals surface area contributed by atoms with E-state index in [1.54, 1.807) is 0 Å². The summed E-state index contributed by atoms with van der Waals surface area (Å²) in [7, 11) is 0. The van der Waals surface area contributed by atoms with Crippen LogP contribution in [-0.2, 0) is 23.1 Å². The van der Waals surface area contributed by atoms with Crippen LogP contribution in [-0.4, -0.2) is 12.0 Å². The Morgan fingerprint density at radius 3 is 2.31 bits per heavy atom. The molecular formula is C26H35NO2. The monoisotopic (exact) mass is 393 g/mol. The molecule has 1 amide bonds. The van der Waals surface area contributed by atoms with Crippen LogP contribution in [0, 0.1) is 0 Å². The van der Waals surface area contributed by atoms with Crippen molar-refractivity contribution < 1.29 is 9.53 Å². The summed E-state index contributed by atoms with van der Waals surface area (Å²) in [6, 6.07) is 14.8. The van der Waals surface area contributed by atoms with Crippen LogP contribution in [0.25, 0.3) is 0 Å². The standard InChI is InChI=1S/C26H35NO2/c1-6-24(29-23-16-13-20-9-7-8-10-21(20)17-23)25(28)27-18(2)19-11-14-22(15-12-19)26(3,4)5/h11-18,24H,6-10H2,1-5H3,(H,27,28)/t18-,24-/m1/s1. The van der Waals surface area contributed by atoms with E-state index in [9.17, 15) is 4.79 Å². The number of ether oxygens (including phenoxy) is 1. The summed E-state index contributed by atoms with van der Waals surface area (Å²) in [5, 5.41) is 3.12. The van der Waals surface area contributed by atoms with Crippen molar-refractivity contribution in [2.45, 2.75) is 84.3 Å². The van der Waals surface area contributed by atoms with Gasteiger partial charge in [-0.05, 0) is 78.8 Å². The highest BCUT2D eigenvalue weighted by molar-refractivity contribution is 5.81. The maximum atomic E-state index is 12.8. The second-order valence-electron chi connectivity index (χ2n) is 9.25. The molecule has 0 aromatic heterocycles. The highest BCUT2D eigenvalue weighted by atomic mass is 16.5. The van der Waals surface area contributed by atoms with E-state index in [1.807, 2.05) is 19.9 Å². The largest absolute Gasteiger partial charge is 0.481 e. The van der Waals surface area contributed by atoms with Gasteiger partial charge in [-0.2, -0.15) is 0 Å². The van der Waals surface area contributed by atoms with Crippen LogP contribution in [0.2, 0.25) is 0 Å². The van der Waals surface area contributed by atoms with E-state index < -0.39 is 6.10 Å². The smallest absolute Gasteiger partial charge is 0.261 e. The molecule has 0 bridgehead atoms. The van der Waals surface area contributed by atoms with Gasteiger partial charge in [0.1, 0.15) is 5.75 Å². The lowest BCUT2D eigenvalue weighted by molar-refractivity contribution is -0.128. The zero-order valence-corrected chi connectivity index (χ0v) is 18.5. The lowest BCUT2D eigenvalue weighted by Gasteiger charge is -2.23. The molecule has 0 radical (unpaired) electrons. The number of rotatable bonds is 6. The summed E-state index contributed by atoms with van der Waals surface area (Å²) in [6.07, 6.45) is 4.92. The first kappa shape index (κ1) is 21.4. The summed E-state index contributed by atoms with van der Waals surface area (Å²) >= 11 is 0. The zero-order chi connectivity index (χ0) is 21.0. The summed E-state index contributed by atoms with van der Waals surface area (Å²) in [5.41, 5.74) is 5.32. The first-order valence-electron chi connectivity index (χ1n) is 11.0. The fourth-order valence-corrected chi connectivity index (χ4v) is 3.93. The van der Waals surface area contributed by atoms with Crippen molar-refractivity contribution in [3.63, 3.8) is 0 Å². The van der Waals surface area contributed by atoms with Gasteiger partial charge in [-0.15, -0.1) is 0 Å². The van der Waals surface area contributed by atoms with Gasteiger partial charge in [-0.25, -0.2) is 0 Å². The van der Waals surface area contributed by atoms with Crippen LogP contribution < -0.4 is 10.1 Å². The third kappa shape index (κ3) is 5.41. The molecule has 0 saturated carbocycles. The van der Waals surface area contributed by atoms with Crippen molar-refractivity contribution in [1.29, 1.82) is 0 Å². The van der Waals surface area contributed by atoms with Crippen molar-refractivity contribution in [1.82, 2.24) is 5.32 Å². The van der Waals surface area contributed by atoms with E-state index in [1.165, 1.54) is 29.5 Å². The van der Waals surface area contributed by atoms with Crippen LogP contribution in [0.1, 0.15) is 82.2 Å². The Hall–Kier alpha value is -2.29. The molecule has 2 aromatic rings. The SMILES string of the molecule is CC[C@@H](Oc1ccc2c(c1)CCCC2)C(=O)N[C@H](C)c1ccc(C(C)(C)C)cc1. The Morgan fingerprint density at radius 2 is 1.69 bits per heavy atom. The number of amides is 1. The maximum Gasteiger partial charge on any atom is 0.261 e. The number of benzene rings is 2. The summed E-state index contributed by atoms with van der Waals surface area (Å²) in [6.45, 7) is 10.6. The predicted molar refractivity (Wildman–Crippen MR) is 119 cm³/mol. The van der Waals surface area contributed by atoms with E-state index in [0.717, 1.165) is 24.2 Å². The Morgan fingerprint density at radius 1 is 1.03 bits per heavy atom. The number of aryl methyl sites for hydroxylation is 2. The predicted octanol–water partition coefficient (Wildman–Crippen LogP) is 5.90. The van der Waals surface area contributed by atoms with Gasteiger partial charge in [0.25, 0.3) is 5.91 Å². The van der Waals surface area contributed by atoms with Crippen molar-refractivity contribution in [2.75, 3.05) is 0 Å². The van der Waals surface area contributed by atoms with Crippen LogP contribution in [0.15, 0.2) is 42.5 Å². The number of fused-ring (bicyclic) bond motifs is 1. The van der Waals surface area contributed by atoms with Gasteiger partial charge in [0, 0.05) is 0 Å². The van der Waals surface area contributed by atoms with E-state index in [2.05, 4.69) is 62.5 Å². The molecule has 1 N–H and O–H groups in total. The molecule has 3 nitrogen and oxygen atoms in total. The molecule has 0 aliphatic heterocycles. The fourth-order valence-electron chi connectivity index (χ4n) is 3.93. The second kappa shape index (κ2) is 9.02. The molecule has 0 unspecified atom stereocenters. The van der Waals surface area contributed by atoms with Crippen LogP contribution >= 0.6 is 0 Å². The summed E-state index contributed by atoms with van der Waals surface area (Å²) < 4.78 is 6.08. The highest BCUT2D eigenvalue weighted by Gasteiger charge is 2.22. The maximum absolute atomic E-state index is 12.8. The molecule has 0 spiro atoms. The molecule has 2 atom stereocenters. The van der Waals surface area contributed by atoms with Gasteiger partial charge in [-0.3, -0.25) is 4.79 Å². The normalized spacial score (nSPS) is 15.9. The van der Waals surface area contributed by atoms with E-state index in [-0.39, 0.29) is 17.4 Å². The van der Waals surface area contributed by atoms with Crippen molar-refractivity contribution in [3.8, 4) is 5.75 Å². The first-order valence-corrected chi connectivity index (χ1v) is 11.0. The van der Waals surface area contributed by atoms with Gasteiger partial charge < -0.3 is 10.1 Å². The second-order valence-corrected chi connectivity index (χ2v) is 9.25. The molecule has 1 aliphatic carbocycles. The van der Waals surface area contributed by atoms with E-state index >= 15 is 0 Å². The van der Waals surface area contributed by atoms with E-state index in [0.29, 0.717) is 6.42 Å². The molecule has 29 heavy (non-hydrogen) atoms. The molecule has 3 heteroatoms. The molecule has 0 saturated heterocycles. The van der Waals surface area contributed by atoms with E-state index in [4.69, 9.17) is 4.74 Å². The molecule has 3 rings (SSSR count). The van der Waals surface area contributed by atoms with Crippen molar-refractivity contribution in [2.24, 2.45) is 0 Å². The lowest BCUT2D eigenvalue weighted by Crippen LogP contribution is -2.39. The summed E-state index contributed by atoms with van der Waals surface area (Å²) in [5.74, 6) is 0.743. The average Bonchev–Trinajstić information content (AvgIpc) is 2.71. The van der Waals surface area contributed by atoms with Gasteiger partial charge in [0.2, 0.25) is 0 Å². The summed E-state index contributed by atoms with van der Waals surface area (Å²) in [4.78, 5) is 12.8. The van der Waals surface area contributed by atoms with Crippen LogP contribution in [0.5, 0.6) is 5.75 Å².